The van der Waals surface area contributed by atoms with Gasteiger partial charge in [0.15, 0.2) is 0 Å². The highest BCUT2D eigenvalue weighted by Gasteiger charge is 2.27. The Bertz CT molecular complexity index is 368. The van der Waals surface area contributed by atoms with Crippen LogP contribution < -0.4 is 0 Å². The third kappa shape index (κ3) is 1.65. The zero-order valence-corrected chi connectivity index (χ0v) is 9.85. The Balaban J connectivity index is 1.89. The van der Waals surface area contributed by atoms with Crippen LogP contribution >= 0.6 is 0 Å². The molecule has 0 radical (unpaired) electrons. The fourth-order valence-electron chi connectivity index (χ4n) is 2.86. The molecule has 1 saturated heterocycles. The van der Waals surface area contributed by atoms with Crippen LogP contribution in [-0.2, 0) is 11.3 Å². The van der Waals surface area contributed by atoms with Crippen LogP contribution in [0.3, 0.4) is 0 Å². The van der Waals surface area contributed by atoms with Gasteiger partial charge in [0.25, 0.3) is 0 Å². The summed E-state index contributed by atoms with van der Waals surface area (Å²) in [6.07, 6.45) is 4.73. The maximum Gasteiger partial charge on any atom is 0.136 e. The molecule has 1 atom stereocenters. The van der Waals surface area contributed by atoms with Gasteiger partial charge in [-0.2, -0.15) is 0 Å². The summed E-state index contributed by atoms with van der Waals surface area (Å²) >= 11 is 0. The summed E-state index contributed by atoms with van der Waals surface area (Å²) < 4.78 is 7.77. The molecule has 0 aliphatic carbocycles. The number of ether oxygens (including phenoxy) is 1. The van der Waals surface area contributed by atoms with Crippen LogP contribution in [0.1, 0.15) is 56.1 Å². The van der Waals surface area contributed by atoms with E-state index in [-0.39, 0.29) is 0 Å². The summed E-state index contributed by atoms with van der Waals surface area (Å²) in [5.74, 6) is 3.56. The molecule has 88 valence electrons. The second-order valence-corrected chi connectivity index (χ2v) is 5.00. The third-order valence-electron chi connectivity index (χ3n) is 3.85. The van der Waals surface area contributed by atoms with Crippen molar-refractivity contribution in [3.05, 3.63) is 11.6 Å². The molecule has 0 amide bonds. The normalized spacial score (nSPS) is 26.7. The third-order valence-corrected chi connectivity index (χ3v) is 3.85. The second-order valence-electron chi connectivity index (χ2n) is 5.00. The van der Waals surface area contributed by atoms with Crippen molar-refractivity contribution in [2.24, 2.45) is 0 Å². The van der Waals surface area contributed by atoms with Gasteiger partial charge in [0.05, 0.1) is 0 Å². The van der Waals surface area contributed by atoms with E-state index in [0.29, 0.717) is 11.8 Å². The van der Waals surface area contributed by atoms with Gasteiger partial charge in [-0.15, -0.1) is 10.2 Å². The van der Waals surface area contributed by atoms with Gasteiger partial charge in [-0.05, 0) is 25.7 Å². The molecule has 1 unspecified atom stereocenters. The Morgan fingerprint density at radius 1 is 1.12 bits per heavy atom. The first-order valence-corrected chi connectivity index (χ1v) is 6.37. The average molecular weight is 221 g/mol. The minimum atomic E-state index is 0.570. The van der Waals surface area contributed by atoms with Crippen LogP contribution in [0.4, 0.5) is 0 Å². The van der Waals surface area contributed by atoms with Gasteiger partial charge in [-0.25, -0.2) is 0 Å². The van der Waals surface area contributed by atoms with Crippen molar-refractivity contribution in [1.29, 1.82) is 0 Å². The quantitative estimate of drug-likeness (QED) is 0.729. The first kappa shape index (κ1) is 10.3. The lowest BCUT2D eigenvalue weighted by Crippen LogP contribution is -2.21. The smallest absolute Gasteiger partial charge is 0.136 e. The summed E-state index contributed by atoms with van der Waals surface area (Å²) in [4.78, 5) is 0. The van der Waals surface area contributed by atoms with Crippen LogP contribution in [0, 0.1) is 0 Å². The first-order valence-electron chi connectivity index (χ1n) is 6.37. The molecule has 3 heterocycles. The van der Waals surface area contributed by atoms with Gasteiger partial charge in [0.1, 0.15) is 11.6 Å². The van der Waals surface area contributed by atoms with Crippen molar-refractivity contribution in [3.8, 4) is 0 Å². The minimum Gasteiger partial charge on any atom is -0.381 e. The lowest BCUT2D eigenvalue weighted by molar-refractivity contribution is 0.0825. The summed E-state index contributed by atoms with van der Waals surface area (Å²) in [6.45, 7) is 5.12. The first-order chi connectivity index (χ1) is 7.86. The maximum atomic E-state index is 5.41. The zero-order valence-electron chi connectivity index (χ0n) is 9.85. The van der Waals surface area contributed by atoms with Crippen molar-refractivity contribution < 1.29 is 4.74 Å². The molecule has 2 aliphatic heterocycles. The van der Waals surface area contributed by atoms with Gasteiger partial charge < -0.3 is 9.30 Å². The summed E-state index contributed by atoms with van der Waals surface area (Å²) in [5, 5.41) is 8.81. The van der Waals surface area contributed by atoms with E-state index in [1.165, 1.54) is 24.5 Å². The molecule has 0 saturated carbocycles. The van der Waals surface area contributed by atoms with Crippen LogP contribution in [0.15, 0.2) is 0 Å². The Labute approximate surface area is 96.0 Å². The molecular formula is C12H19N3O. The molecule has 0 aromatic carbocycles. The molecule has 4 nitrogen and oxygen atoms in total. The molecule has 0 N–H and O–H groups in total. The molecule has 1 fully saturated rings. The number of hydrogen-bond donors (Lipinski definition) is 0. The van der Waals surface area contributed by atoms with Crippen molar-refractivity contribution in [2.75, 3.05) is 13.2 Å². The topological polar surface area (TPSA) is 39.9 Å². The van der Waals surface area contributed by atoms with Gasteiger partial charge >= 0.3 is 0 Å². The maximum absolute atomic E-state index is 5.41. The number of fused-ring (bicyclic) bond motifs is 1. The number of rotatable bonds is 1. The molecule has 16 heavy (non-hydrogen) atoms. The van der Waals surface area contributed by atoms with E-state index in [2.05, 4.69) is 21.7 Å². The van der Waals surface area contributed by atoms with Crippen molar-refractivity contribution >= 4 is 0 Å². The standard InChI is InChI=1S/C12H19N3O/c1-9-3-2-6-15-11(9)13-14-12(15)10-4-7-16-8-5-10/h9-10H,2-8H2,1H3. The number of aromatic nitrogens is 3. The lowest BCUT2D eigenvalue weighted by Gasteiger charge is -2.25. The molecule has 2 aliphatic rings. The van der Waals surface area contributed by atoms with Gasteiger partial charge in [0, 0.05) is 31.6 Å². The number of hydrogen-bond acceptors (Lipinski definition) is 3. The lowest BCUT2D eigenvalue weighted by atomic mass is 9.97. The molecule has 4 heteroatoms. The van der Waals surface area contributed by atoms with Gasteiger partial charge in [0.2, 0.25) is 0 Å². The van der Waals surface area contributed by atoms with Crippen molar-refractivity contribution in [3.63, 3.8) is 0 Å². The summed E-state index contributed by atoms with van der Waals surface area (Å²) in [7, 11) is 0. The monoisotopic (exact) mass is 221 g/mol. The predicted octanol–water partition coefficient (Wildman–Crippen LogP) is 2.07. The Morgan fingerprint density at radius 2 is 1.88 bits per heavy atom. The van der Waals surface area contributed by atoms with E-state index in [1.54, 1.807) is 0 Å². The number of nitrogens with zero attached hydrogens (tertiary/aromatic N) is 3. The fraction of sp³-hybridized carbons (Fsp3) is 0.833. The largest absolute Gasteiger partial charge is 0.381 e. The predicted molar refractivity (Wildman–Crippen MR) is 60.5 cm³/mol. The summed E-state index contributed by atoms with van der Waals surface area (Å²) in [6, 6.07) is 0. The molecule has 3 rings (SSSR count). The van der Waals surface area contributed by atoms with Gasteiger partial charge in [-0.1, -0.05) is 6.92 Å². The highest BCUT2D eigenvalue weighted by molar-refractivity contribution is 5.08. The van der Waals surface area contributed by atoms with Crippen LogP contribution in [-0.4, -0.2) is 28.0 Å². The van der Waals surface area contributed by atoms with Crippen LogP contribution in [0.25, 0.3) is 0 Å². The Kier molecular flexibility index (Phi) is 2.67. The highest BCUT2D eigenvalue weighted by atomic mass is 16.5. The van der Waals surface area contributed by atoms with E-state index in [9.17, 15) is 0 Å². The minimum absolute atomic E-state index is 0.570. The SMILES string of the molecule is CC1CCCn2c1nnc2C1CCOCC1. The average Bonchev–Trinajstić information content (AvgIpc) is 2.75. The van der Waals surface area contributed by atoms with Crippen molar-refractivity contribution in [1.82, 2.24) is 14.8 Å². The molecule has 0 spiro atoms. The Hall–Kier alpha value is -0.900. The fourth-order valence-corrected chi connectivity index (χ4v) is 2.86. The van der Waals surface area contributed by atoms with Gasteiger partial charge in [-0.3, -0.25) is 0 Å². The molecule has 0 bridgehead atoms. The van der Waals surface area contributed by atoms with Crippen LogP contribution in [0.5, 0.6) is 0 Å². The van der Waals surface area contributed by atoms with E-state index in [4.69, 9.17) is 4.74 Å². The molecular weight excluding hydrogens is 202 g/mol. The van der Waals surface area contributed by atoms with Crippen LogP contribution in [0.2, 0.25) is 0 Å². The van der Waals surface area contributed by atoms with E-state index in [1.807, 2.05) is 0 Å². The Morgan fingerprint density at radius 3 is 2.69 bits per heavy atom. The molecule has 1 aromatic rings. The second kappa shape index (κ2) is 4.17. The van der Waals surface area contributed by atoms with E-state index in [0.717, 1.165) is 32.6 Å². The summed E-state index contributed by atoms with van der Waals surface area (Å²) in [5.41, 5.74) is 0. The van der Waals surface area contributed by atoms with E-state index >= 15 is 0 Å². The zero-order chi connectivity index (χ0) is 11.0. The highest BCUT2D eigenvalue weighted by Crippen LogP contribution is 2.31. The molecule has 1 aromatic heterocycles. The van der Waals surface area contributed by atoms with Crippen molar-refractivity contribution in [2.45, 2.75) is 51.0 Å². The van der Waals surface area contributed by atoms with E-state index < -0.39 is 0 Å².